The van der Waals surface area contributed by atoms with E-state index in [1.807, 2.05) is 0 Å². The zero-order valence-electron chi connectivity index (χ0n) is 9.42. The second-order valence-corrected chi connectivity index (χ2v) is 5.79. The van der Waals surface area contributed by atoms with Crippen molar-refractivity contribution in [3.05, 3.63) is 0 Å². The average molecular weight is 206 g/mol. The first kappa shape index (κ1) is 13.3. The van der Waals surface area contributed by atoms with Crippen LogP contribution in [0.5, 0.6) is 0 Å². The Balaban J connectivity index is 3.35. The Labute approximate surface area is 86.9 Å². The lowest BCUT2D eigenvalue weighted by molar-refractivity contribution is -0.871. The van der Waals surface area contributed by atoms with Crippen molar-refractivity contribution in [2.45, 2.75) is 31.6 Å². The van der Waals surface area contributed by atoms with Crippen molar-refractivity contribution in [3.8, 4) is 0 Å². The largest absolute Gasteiger partial charge is 0.377 e. The predicted molar refractivity (Wildman–Crippen MR) is 60.9 cm³/mol. The normalized spacial score (nSPS) is 14.5. The van der Waals surface area contributed by atoms with Gasteiger partial charge in [-0.25, -0.2) is 0 Å². The van der Waals surface area contributed by atoms with E-state index in [1.54, 1.807) is 11.8 Å². The van der Waals surface area contributed by atoms with Gasteiger partial charge in [0.15, 0.2) is 0 Å². The van der Waals surface area contributed by atoms with Gasteiger partial charge in [0.1, 0.15) is 12.0 Å². The van der Waals surface area contributed by atoms with Crippen molar-refractivity contribution in [1.29, 1.82) is 0 Å². The molecule has 1 unspecified atom stereocenters. The van der Waals surface area contributed by atoms with Crippen LogP contribution in [0.3, 0.4) is 0 Å². The highest BCUT2D eigenvalue weighted by Gasteiger charge is 2.14. The Bertz CT molecular complexity index is 123. The number of thioether (sulfide) groups is 1. The molecule has 3 heteroatoms. The molecule has 0 radical (unpaired) electrons. The van der Waals surface area contributed by atoms with E-state index >= 15 is 0 Å². The number of hydrogen-bond acceptors (Lipinski definition) is 2. The summed E-state index contributed by atoms with van der Waals surface area (Å²) in [5.41, 5.74) is -0.197. The molecule has 0 bridgehead atoms. The van der Waals surface area contributed by atoms with Crippen LogP contribution in [-0.4, -0.2) is 48.5 Å². The van der Waals surface area contributed by atoms with Crippen LogP contribution in [0.15, 0.2) is 0 Å². The minimum atomic E-state index is -0.197. The van der Waals surface area contributed by atoms with Gasteiger partial charge in [0.05, 0.1) is 21.1 Å². The van der Waals surface area contributed by atoms with Crippen molar-refractivity contribution in [1.82, 2.24) is 0 Å². The molecule has 0 aliphatic heterocycles. The number of quaternary nitrogens is 1. The molecule has 0 saturated carbocycles. The van der Waals surface area contributed by atoms with Crippen LogP contribution in [0, 0.1) is 0 Å². The third-order valence-corrected chi connectivity index (χ3v) is 2.82. The second kappa shape index (κ2) is 6.68. The van der Waals surface area contributed by atoms with Crippen LogP contribution >= 0.6 is 11.8 Å². The first-order valence-electron chi connectivity index (χ1n) is 5.06. The van der Waals surface area contributed by atoms with E-state index < -0.39 is 0 Å². The maximum atomic E-state index is 9.63. The summed E-state index contributed by atoms with van der Waals surface area (Å²) < 4.78 is 0.835. The van der Waals surface area contributed by atoms with Crippen LogP contribution in [0.2, 0.25) is 0 Å². The highest BCUT2D eigenvalue weighted by molar-refractivity contribution is 7.99. The lowest BCUT2D eigenvalue weighted by Crippen LogP contribution is -2.40. The van der Waals surface area contributed by atoms with Crippen LogP contribution in [-0.2, 0) is 0 Å². The molecule has 0 aromatic heterocycles. The van der Waals surface area contributed by atoms with Crippen molar-refractivity contribution in [2.24, 2.45) is 0 Å². The molecular weight excluding hydrogens is 182 g/mol. The Hall–Kier alpha value is 0.270. The Kier molecular flexibility index (Phi) is 6.82. The van der Waals surface area contributed by atoms with Gasteiger partial charge in [-0.1, -0.05) is 19.8 Å². The Morgan fingerprint density at radius 3 is 2.31 bits per heavy atom. The van der Waals surface area contributed by atoms with Crippen LogP contribution < -0.4 is 0 Å². The number of rotatable bonds is 7. The van der Waals surface area contributed by atoms with Crippen LogP contribution in [0.4, 0.5) is 0 Å². The smallest absolute Gasteiger partial charge is 0.148 e. The second-order valence-electron chi connectivity index (χ2n) is 4.51. The monoisotopic (exact) mass is 206 g/mol. The number of aliphatic hydroxyl groups is 1. The van der Waals surface area contributed by atoms with Gasteiger partial charge >= 0.3 is 0 Å². The molecule has 1 N–H and O–H groups in total. The fourth-order valence-corrected chi connectivity index (χ4v) is 2.29. The van der Waals surface area contributed by atoms with Crippen LogP contribution in [0.1, 0.15) is 26.2 Å². The molecule has 1 atom stereocenters. The van der Waals surface area contributed by atoms with E-state index in [2.05, 4.69) is 28.1 Å². The molecule has 0 saturated heterocycles. The standard InChI is InChI=1S/C10H24NOS/c1-5-6-7-8-13-10(12)9-11(2,3)4/h10,12H,5-9H2,1-4H3/q+1. The fourth-order valence-electron chi connectivity index (χ4n) is 1.09. The zero-order valence-corrected chi connectivity index (χ0v) is 10.2. The summed E-state index contributed by atoms with van der Waals surface area (Å²) in [7, 11) is 6.32. The molecule has 0 spiro atoms. The van der Waals surface area contributed by atoms with Gasteiger partial charge in [0, 0.05) is 0 Å². The molecule has 80 valence electrons. The first-order valence-corrected chi connectivity index (χ1v) is 6.10. The summed E-state index contributed by atoms with van der Waals surface area (Å²) in [5.74, 6) is 1.09. The van der Waals surface area contributed by atoms with Gasteiger partial charge in [-0.3, -0.25) is 0 Å². The third kappa shape index (κ3) is 10.2. The molecule has 0 aromatic rings. The van der Waals surface area contributed by atoms with Crippen molar-refractivity contribution < 1.29 is 9.59 Å². The lowest BCUT2D eigenvalue weighted by atomic mass is 10.3. The summed E-state index contributed by atoms with van der Waals surface area (Å²) in [6.45, 7) is 3.03. The summed E-state index contributed by atoms with van der Waals surface area (Å²) in [6.07, 6.45) is 3.77. The molecule has 0 rings (SSSR count). The lowest BCUT2D eigenvalue weighted by Gasteiger charge is -2.26. The zero-order chi connectivity index (χ0) is 10.3. The molecular formula is C10H24NOS+. The summed E-state index contributed by atoms with van der Waals surface area (Å²) in [4.78, 5) is 0. The summed E-state index contributed by atoms with van der Waals surface area (Å²) >= 11 is 1.68. The van der Waals surface area contributed by atoms with Crippen molar-refractivity contribution >= 4 is 11.8 Å². The molecule has 0 heterocycles. The Morgan fingerprint density at radius 1 is 1.23 bits per heavy atom. The highest BCUT2D eigenvalue weighted by atomic mass is 32.2. The third-order valence-electron chi connectivity index (χ3n) is 1.76. The maximum Gasteiger partial charge on any atom is 0.148 e. The molecule has 0 amide bonds. The highest BCUT2D eigenvalue weighted by Crippen LogP contribution is 2.13. The summed E-state index contributed by atoms with van der Waals surface area (Å²) in [6, 6.07) is 0. The number of nitrogens with zero attached hydrogens (tertiary/aromatic N) is 1. The number of hydrogen-bond donors (Lipinski definition) is 1. The SMILES string of the molecule is CCCCCSC(O)C[N+](C)(C)C. The van der Waals surface area contributed by atoms with E-state index in [1.165, 1.54) is 19.3 Å². The average Bonchev–Trinajstić information content (AvgIpc) is 1.94. The van der Waals surface area contributed by atoms with Gasteiger partial charge in [0.2, 0.25) is 0 Å². The molecule has 0 aliphatic carbocycles. The number of unbranched alkanes of at least 4 members (excludes halogenated alkanes) is 2. The van der Waals surface area contributed by atoms with Gasteiger partial charge in [0.25, 0.3) is 0 Å². The van der Waals surface area contributed by atoms with Crippen molar-refractivity contribution in [2.75, 3.05) is 33.4 Å². The minimum Gasteiger partial charge on any atom is -0.377 e. The molecule has 2 nitrogen and oxygen atoms in total. The molecule has 0 aromatic carbocycles. The maximum absolute atomic E-state index is 9.63. The number of likely N-dealkylation sites (N-methyl/N-ethyl adjacent to an activating group) is 1. The van der Waals surface area contributed by atoms with E-state index in [9.17, 15) is 5.11 Å². The van der Waals surface area contributed by atoms with Crippen LogP contribution in [0.25, 0.3) is 0 Å². The molecule has 13 heavy (non-hydrogen) atoms. The van der Waals surface area contributed by atoms with Gasteiger partial charge in [-0.15, -0.1) is 11.8 Å². The van der Waals surface area contributed by atoms with Gasteiger partial charge < -0.3 is 9.59 Å². The Morgan fingerprint density at radius 2 is 1.85 bits per heavy atom. The summed E-state index contributed by atoms with van der Waals surface area (Å²) in [5, 5.41) is 9.63. The minimum absolute atomic E-state index is 0.197. The van der Waals surface area contributed by atoms with E-state index in [4.69, 9.17) is 0 Å². The number of aliphatic hydroxyl groups excluding tert-OH is 1. The predicted octanol–water partition coefficient (Wildman–Crippen LogP) is 1.93. The molecule has 0 fully saturated rings. The van der Waals surface area contributed by atoms with Gasteiger partial charge in [-0.2, -0.15) is 0 Å². The van der Waals surface area contributed by atoms with Crippen molar-refractivity contribution in [3.63, 3.8) is 0 Å². The van der Waals surface area contributed by atoms with Gasteiger partial charge in [-0.05, 0) is 12.2 Å². The van der Waals surface area contributed by atoms with E-state index in [-0.39, 0.29) is 5.44 Å². The fraction of sp³-hybridized carbons (Fsp3) is 1.00. The topological polar surface area (TPSA) is 20.2 Å². The molecule has 0 aliphatic rings. The van der Waals surface area contributed by atoms with E-state index in [0.717, 1.165) is 16.8 Å². The van der Waals surface area contributed by atoms with E-state index in [0.29, 0.717) is 0 Å². The first-order chi connectivity index (χ1) is 5.95. The quantitative estimate of drug-likeness (QED) is 0.390.